The van der Waals surface area contributed by atoms with E-state index in [1.54, 1.807) is 6.20 Å². The average Bonchev–Trinajstić information content (AvgIpc) is 2.43. The van der Waals surface area contributed by atoms with Crippen LogP contribution in [0.25, 0.3) is 10.8 Å². The Kier molecular flexibility index (Phi) is 2.97. The van der Waals surface area contributed by atoms with Gasteiger partial charge in [-0.2, -0.15) is 0 Å². The molecular weight excluding hydrogens is 258 g/mol. The lowest BCUT2D eigenvalue weighted by Gasteiger charge is -2.09. The Hall–Kier alpha value is -2.26. The van der Waals surface area contributed by atoms with Gasteiger partial charge in [0, 0.05) is 33.4 Å². The highest BCUT2D eigenvalue weighted by Gasteiger charge is 2.04. The number of hydrogen-bond acceptors (Lipinski definition) is 3. The van der Waals surface area contributed by atoms with Gasteiger partial charge in [-0.1, -0.05) is 23.7 Å². The van der Waals surface area contributed by atoms with Crippen LogP contribution in [-0.4, -0.2) is 4.98 Å². The zero-order valence-corrected chi connectivity index (χ0v) is 10.9. The van der Waals surface area contributed by atoms with Crippen LogP contribution in [0.5, 0.6) is 0 Å². The molecular formula is C15H12ClN3. The van der Waals surface area contributed by atoms with Gasteiger partial charge in [0.25, 0.3) is 0 Å². The lowest BCUT2D eigenvalue weighted by atomic mass is 10.1. The summed E-state index contributed by atoms with van der Waals surface area (Å²) in [6.07, 6.45) is 1.75. The number of hydrogen-bond donors (Lipinski definition) is 2. The van der Waals surface area contributed by atoms with Gasteiger partial charge < -0.3 is 11.1 Å². The van der Waals surface area contributed by atoms with Gasteiger partial charge in [0.15, 0.2) is 0 Å². The van der Waals surface area contributed by atoms with Gasteiger partial charge in [0.2, 0.25) is 0 Å². The van der Waals surface area contributed by atoms with Gasteiger partial charge in [-0.25, -0.2) is 4.98 Å². The van der Waals surface area contributed by atoms with Crippen LogP contribution in [0, 0.1) is 0 Å². The molecule has 3 nitrogen and oxygen atoms in total. The number of pyridine rings is 1. The first kappa shape index (κ1) is 11.8. The van der Waals surface area contributed by atoms with E-state index < -0.39 is 0 Å². The van der Waals surface area contributed by atoms with E-state index in [0.717, 1.165) is 28.0 Å². The van der Waals surface area contributed by atoms with E-state index in [1.165, 1.54) is 0 Å². The van der Waals surface area contributed by atoms with Crippen molar-refractivity contribution in [3.8, 4) is 0 Å². The van der Waals surface area contributed by atoms with Gasteiger partial charge in [-0.3, -0.25) is 0 Å². The highest BCUT2D eigenvalue weighted by Crippen LogP contribution is 2.28. The molecule has 94 valence electrons. The maximum absolute atomic E-state index is 5.97. The first-order valence-electron chi connectivity index (χ1n) is 5.90. The predicted octanol–water partition coefficient (Wildman–Crippen LogP) is 4.21. The highest BCUT2D eigenvalue weighted by atomic mass is 35.5. The van der Waals surface area contributed by atoms with E-state index >= 15 is 0 Å². The van der Waals surface area contributed by atoms with E-state index in [1.807, 2.05) is 48.5 Å². The minimum atomic E-state index is 0.709. The van der Waals surface area contributed by atoms with Crippen molar-refractivity contribution >= 4 is 39.6 Å². The molecule has 3 N–H and O–H groups in total. The number of aromatic nitrogens is 1. The molecule has 0 aliphatic rings. The third-order valence-electron chi connectivity index (χ3n) is 2.95. The molecule has 0 bridgehead atoms. The summed E-state index contributed by atoms with van der Waals surface area (Å²) in [7, 11) is 0. The van der Waals surface area contributed by atoms with Crippen LogP contribution < -0.4 is 11.1 Å². The van der Waals surface area contributed by atoms with Gasteiger partial charge in [0.05, 0.1) is 0 Å². The number of nitrogens with zero attached hydrogens (tertiary/aromatic N) is 1. The van der Waals surface area contributed by atoms with Crippen LogP contribution in [0.2, 0.25) is 5.02 Å². The van der Waals surface area contributed by atoms with E-state index in [-0.39, 0.29) is 0 Å². The SMILES string of the molecule is Nc1cccc2c(Nc3ccc(Cl)cc3)nccc12. The van der Waals surface area contributed by atoms with Crippen molar-refractivity contribution in [1.82, 2.24) is 4.98 Å². The smallest absolute Gasteiger partial charge is 0.138 e. The molecule has 0 unspecified atom stereocenters. The normalized spacial score (nSPS) is 10.6. The average molecular weight is 270 g/mol. The largest absolute Gasteiger partial charge is 0.398 e. The van der Waals surface area contributed by atoms with Crippen LogP contribution in [0.3, 0.4) is 0 Å². The molecule has 4 heteroatoms. The number of nitrogens with one attached hydrogen (secondary N) is 1. The summed E-state index contributed by atoms with van der Waals surface area (Å²) < 4.78 is 0. The minimum Gasteiger partial charge on any atom is -0.398 e. The van der Waals surface area contributed by atoms with Crippen molar-refractivity contribution in [1.29, 1.82) is 0 Å². The third-order valence-corrected chi connectivity index (χ3v) is 3.20. The van der Waals surface area contributed by atoms with Crippen molar-refractivity contribution in [2.45, 2.75) is 0 Å². The Balaban J connectivity index is 2.06. The molecule has 3 aromatic rings. The van der Waals surface area contributed by atoms with Crippen LogP contribution >= 0.6 is 11.6 Å². The van der Waals surface area contributed by atoms with Crippen molar-refractivity contribution in [2.24, 2.45) is 0 Å². The molecule has 0 amide bonds. The molecule has 1 heterocycles. The monoisotopic (exact) mass is 269 g/mol. The predicted molar refractivity (Wildman–Crippen MR) is 80.9 cm³/mol. The molecule has 0 saturated heterocycles. The summed E-state index contributed by atoms with van der Waals surface area (Å²) in [5.41, 5.74) is 7.65. The summed E-state index contributed by atoms with van der Waals surface area (Å²) in [5, 5.41) is 5.98. The fourth-order valence-corrected chi connectivity index (χ4v) is 2.13. The first-order chi connectivity index (χ1) is 9.24. The van der Waals surface area contributed by atoms with E-state index in [0.29, 0.717) is 5.02 Å². The molecule has 0 fully saturated rings. The minimum absolute atomic E-state index is 0.709. The van der Waals surface area contributed by atoms with E-state index in [2.05, 4.69) is 10.3 Å². The highest BCUT2D eigenvalue weighted by molar-refractivity contribution is 6.30. The second-order valence-electron chi connectivity index (χ2n) is 4.23. The van der Waals surface area contributed by atoms with E-state index in [9.17, 15) is 0 Å². The third kappa shape index (κ3) is 2.33. The number of rotatable bonds is 2. The quantitative estimate of drug-likeness (QED) is 0.685. The number of fused-ring (bicyclic) bond motifs is 1. The second-order valence-corrected chi connectivity index (χ2v) is 4.67. The second kappa shape index (κ2) is 4.78. The Morgan fingerprint density at radius 3 is 2.53 bits per heavy atom. The Labute approximate surface area is 116 Å². The topological polar surface area (TPSA) is 50.9 Å². The Morgan fingerprint density at radius 2 is 1.74 bits per heavy atom. The van der Waals surface area contributed by atoms with Crippen LogP contribution in [0.15, 0.2) is 54.7 Å². The van der Waals surface area contributed by atoms with E-state index in [4.69, 9.17) is 17.3 Å². The van der Waals surface area contributed by atoms with Crippen molar-refractivity contribution < 1.29 is 0 Å². The zero-order valence-electron chi connectivity index (χ0n) is 10.1. The Morgan fingerprint density at radius 1 is 0.947 bits per heavy atom. The molecule has 0 atom stereocenters. The first-order valence-corrected chi connectivity index (χ1v) is 6.27. The summed E-state index contributed by atoms with van der Waals surface area (Å²) in [5.74, 6) is 0.784. The lowest BCUT2D eigenvalue weighted by molar-refractivity contribution is 1.34. The molecule has 0 aliphatic heterocycles. The molecule has 2 aromatic carbocycles. The summed E-state index contributed by atoms with van der Waals surface area (Å²) in [4.78, 5) is 4.37. The van der Waals surface area contributed by atoms with Gasteiger partial charge >= 0.3 is 0 Å². The lowest BCUT2D eigenvalue weighted by Crippen LogP contribution is -1.95. The fraction of sp³-hybridized carbons (Fsp3) is 0. The van der Waals surface area contributed by atoms with Gasteiger partial charge in [-0.15, -0.1) is 0 Å². The van der Waals surface area contributed by atoms with Crippen molar-refractivity contribution in [3.63, 3.8) is 0 Å². The molecule has 0 spiro atoms. The number of anilines is 3. The molecule has 0 saturated carbocycles. The van der Waals surface area contributed by atoms with Gasteiger partial charge in [-0.05, 0) is 36.4 Å². The van der Waals surface area contributed by atoms with Crippen LogP contribution in [0.1, 0.15) is 0 Å². The maximum atomic E-state index is 5.97. The molecule has 0 aliphatic carbocycles. The van der Waals surface area contributed by atoms with Crippen LogP contribution in [0.4, 0.5) is 17.2 Å². The number of halogens is 1. The number of nitrogen functional groups attached to an aromatic ring is 1. The van der Waals surface area contributed by atoms with Crippen molar-refractivity contribution in [2.75, 3.05) is 11.1 Å². The molecule has 19 heavy (non-hydrogen) atoms. The summed E-state index contributed by atoms with van der Waals surface area (Å²) in [6.45, 7) is 0. The summed E-state index contributed by atoms with van der Waals surface area (Å²) in [6, 6.07) is 15.2. The van der Waals surface area contributed by atoms with Gasteiger partial charge in [0.1, 0.15) is 5.82 Å². The number of nitrogens with two attached hydrogens (primary N) is 1. The summed E-state index contributed by atoms with van der Waals surface area (Å²) >= 11 is 5.87. The zero-order chi connectivity index (χ0) is 13.2. The Bertz CT molecular complexity index is 723. The van der Waals surface area contributed by atoms with Crippen molar-refractivity contribution in [3.05, 3.63) is 59.8 Å². The molecule has 1 aromatic heterocycles. The standard InChI is InChI=1S/C15H12ClN3/c16-10-4-6-11(7-5-10)19-15-13-2-1-3-14(17)12(13)8-9-18-15/h1-9H,17H2,(H,18,19). The molecule has 0 radical (unpaired) electrons. The maximum Gasteiger partial charge on any atom is 0.138 e. The van der Waals surface area contributed by atoms with Crippen LogP contribution in [-0.2, 0) is 0 Å². The number of benzene rings is 2. The molecule has 3 rings (SSSR count). The fourth-order valence-electron chi connectivity index (χ4n) is 2.00.